The highest BCUT2D eigenvalue weighted by atomic mass is 35.5. The molecule has 2 aromatic rings. The van der Waals surface area contributed by atoms with E-state index in [4.69, 9.17) is 11.6 Å². The van der Waals surface area contributed by atoms with Crippen molar-refractivity contribution in [2.24, 2.45) is 0 Å². The number of hydrogen-bond donors (Lipinski definition) is 0. The molecule has 21 heavy (non-hydrogen) atoms. The Morgan fingerprint density at radius 2 is 1.29 bits per heavy atom. The summed E-state index contributed by atoms with van der Waals surface area (Å²) < 4.78 is 0. The van der Waals surface area contributed by atoms with E-state index in [1.54, 1.807) is 0 Å². The van der Waals surface area contributed by atoms with Gasteiger partial charge in [0.05, 0.1) is 0 Å². The maximum atomic E-state index is 6.30. The predicted octanol–water partition coefficient (Wildman–Crippen LogP) is 6.09. The number of alkyl halides is 1. The molecule has 2 aromatic carbocycles. The van der Waals surface area contributed by atoms with Crippen molar-refractivity contribution in [1.82, 2.24) is 0 Å². The average molecular weight is 301 g/mol. The molecule has 0 aliphatic heterocycles. The zero-order chi connectivity index (χ0) is 15.4. The molecule has 0 heterocycles. The van der Waals surface area contributed by atoms with Gasteiger partial charge in [-0.1, -0.05) is 51.1 Å². The summed E-state index contributed by atoms with van der Waals surface area (Å²) in [6, 6.07) is 10.7. The molecule has 112 valence electrons. The molecule has 0 saturated heterocycles. The van der Waals surface area contributed by atoms with Gasteiger partial charge in [0, 0.05) is 5.88 Å². The van der Waals surface area contributed by atoms with Gasteiger partial charge in [-0.3, -0.25) is 0 Å². The van der Waals surface area contributed by atoms with E-state index in [0.29, 0.717) is 5.88 Å². The van der Waals surface area contributed by atoms with Crippen LogP contribution in [0.3, 0.4) is 0 Å². The highest BCUT2D eigenvalue weighted by Crippen LogP contribution is 2.37. The minimum Gasteiger partial charge on any atom is -0.122 e. The van der Waals surface area contributed by atoms with Crippen LogP contribution in [0.4, 0.5) is 0 Å². The van der Waals surface area contributed by atoms with Gasteiger partial charge < -0.3 is 0 Å². The Labute approximate surface area is 134 Å². The summed E-state index contributed by atoms with van der Waals surface area (Å²) >= 11 is 6.30. The summed E-state index contributed by atoms with van der Waals surface area (Å²) in [5, 5.41) is 0. The second-order valence-corrected chi connectivity index (χ2v) is 5.74. The van der Waals surface area contributed by atoms with Crippen LogP contribution < -0.4 is 0 Å². The van der Waals surface area contributed by atoms with E-state index in [9.17, 15) is 0 Å². The monoisotopic (exact) mass is 300 g/mol. The van der Waals surface area contributed by atoms with Crippen molar-refractivity contribution >= 4 is 11.6 Å². The van der Waals surface area contributed by atoms with Gasteiger partial charge in [-0.15, -0.1) is 11.6 Å². The molecule has 0 N–H and O–H groups in total. The number of benzene rings is 2. The third-order valence-electron chi connectivity index (χ3n) is 4.48. The lowest BCUT2D eigenvalue weighted by atomic mass is 9.82. The van der Waals surface area contributed by atoms with Crippen LogP contribution >= 0.6 is 11.6 Å². The Balaban J connectivity index is 2.86. The van der Waals surface area contributed by atoms with Gasteiger partial charge in [-0.05, 0) is 65.1 Å². The SMILES string of the molecule is CCc1c(CCl)c(C)c(-c2ccccc2)c(CC)c1CC. The van der Waals surface area contributed by atoms with Crippen molar-refractivity contribution in [3.8, 4) is 11.1 Å². The van der Waals surface area contributed by atoms with Crippen LogP contribution in [0.15, 0.2) is 30.3 Å². The molecule has 1 heteroatoms. The van der Waals surface area contributed by atoms with Crippen LogP contribution in [0.2, 0.25) is 0 Å². The van der Waals surface area contributed by atoms with Gasteiger partial charge >= 0.3 is 0 Å². The largest absolute Gasteiger partial charge is 0.122 e. The van der Waals surface area contributed by atoms with Crippen LogP contribution in [-0.4, -0.2) is 0 Å². The van der Waals surface area contributed by atoms with E-state index < -0.39 is 0 Å². The first-order valence-electron chi connectivity index (χ1n) is 7.96. The molecule has 0 nitrogen and oxygen atoms in total. The first-order chi connectivity index (χ1) is 10.2. The summed E-state index contributed by atoms with van der Waals surface area (Å²) in [7, 11) is 0. The normalized spacial score (nSPS) is 10.9. The van der Waals surface area contributed by atoms with Crippen molar-refractivity contribution in [3.63, 3.8) is 0 Å². The standard InChI is InChI=1S/C20H25Cl/c1-5-16-17(6-2)19(13-21)14(4)20(18(16)7-3)15-11-9-8-10-12-15/h8-12H,5-7,13H2,1-4H3. The topological polar surface area (TPSA) is 0 Å². The van der Waals surface area contributed by atoms with Gasteiger partial charge in [0.15, 0.2) is 0 Å². The summed E-state index contributed by atoms with van der Waals surface area (Å²) in [5.74, 6) is 0.603. The molecule has 0 atom stereocenters. The summed E-state index contributed by atoms with van der Waals surface area (Å²) in [5.41, 5.74) is 9.92. The second-order valence-electron chi connectivity index (χ2n) is 5.47. The second kappa shape index (κ2) is 7.13. The Morgan fingerprint density at radius 1 is 0.762 bits per heavy atom. The average Bonchev–Trinajstić information content (AvgIpc) is 2.54. The number of halogens is 1. The lowest BCUT2D eigenvalue weighted by Crippen LogP contribution is -2.08. The molecule has 0 aliphatic rings. The maximum absolute atomic E-state index is 6.30. The molecule has 2 rings (SSSR count). The van der Waals surface area contributed by atoms with Crippen molar-refractivity contribution in [2.75, 3.05) is 0 Å². The first-order valence-corrected chi connectivity index (χ1v) is 8.50. The van der Waals surface area contributed by atoms with E-state index in [1.807, 2.05) is 0 Å². The molecule has 0 bridgehead atoms. The Hall–Kier alpha value is -1.27. The molecular formula is C20H25Cl. The lowest BCUT2D eigenvalue weighted by Gasteiger charge is -2.23. The zero-order valence-electron chi connectivity index (χ0n) is 13.6. The third kappa shape index (κ3) is 2.87. The van der Waals surface area contributed by atoms with Crippen LogP contribution in [0.1, 0.15) is 48.6 Å². The summed E-state index contributed by atoms with van der Waals surface area (Å²) in [6.07, 6.45) is 3.22. The molecule has 0 amide bonds. The van der Waals surface area contributed by atoms with Crippen molar-refractivity contribution < 1.29 is 0 Å². The third-order valence-corrected chi connectivity index (χ3v) is 4.75. The van der Waals surface area contributed by atoms with Crippen molar-refractivity contribution in [2.45, 2.75) is 52.8 Å². The lowest BCUT2D eigenvalue weighted by molar-refractivity contribution is 0.958. The van der Waals surface area contributed by atoms with Gasteiger partial charge in [0.25, 0.3) is 0 Å². The van der Waals surface area contributed by atoms with E-state index in [2.05, 4.69) is 58.0 Å². The fraction of sp³-hybridized carbons (Fsp3) is 0.400. The quantitative estimate of drug-likeness (QED) is 0.586. The van der Waals surface area contributed by atoms with Crippen molar-refractivity contribution in [1.29, 1.82) is 0 Å². The zero-order valence-corrected chi connectivity index (χ0v) is 14.3. The van der Waals surface area contributed by atoms with E-state index in [0.717, 1.165) is 19.3 Å². The fourth-order valence-corrected chi connectivity index (χ4v) is 3.90. The molecule has 0 unspecified atom stereocenters. The van der Waals surface area contributed by atoms with Crippen LogP contribution in [-0.2, 0) is 25.1 Å². The fourth-order valence-electron chi connectivity index (χ4n) is 3.54. The van der Waals surface area contributed by atoms with Crippen LogP contribution in [0, 0.1) is 6.92 Å². The predicted molar refractivity (Wildman–Crippen MR) is 94.3 cm³/mol. The first kappa shape index (κ1) is 16.1. The molecule has 0 spiro atoms. The van der Waals surface area contributed by atoms with Crippen LogP contribution in [0.5, 0.6) is 0 Å². The van der Waals surface area contributed by atoms with E-state index >= 15 is 0 Å². The highest BCUT2D eigenvalue weighted by Gasteiger charge is 2.19. The van der Waals surface area contributed by atoms with Crippen molar-refractivity contribution in [3.05, 3.63) is 58.1 Å². The Morgan fingerprint density at radius 3 is 1.76 bits per heavy atom. The Bertz CT molecular complexity index is 612. The minimum absolute atomic E-state index is 0.603. The van der Waals surface area contributed by atoms with Gasteiger partial charge in [0.2, 0.25) is 0 Å². The number of hydrogen-bond acceptors (Lipinski definition) is 0. The van der Waals surface area contributed by atoms with Gasteiger partial charge in [0.1, 0.15) is 0 Å². The minimum atomic E-state index is 0.603. The highest BCUT2D eigenvalue weighted by molar-refractivity contribution is 6.17. The van der Waals surface area contributed by atoms with Gasteiger partial charge in [-0.25, -0.2) is 0 Å². The van der Waals surface area contributed by atoms with E-state index in [1.165, 1.54) is 38.9 Å². The maximum Gasteiger partial charge on any atom is 0.0479 e. The molecule has 0 aromatic heterocycles. The summed E-state index contributed by atoms with van der Waals surface area (Å²) in [4.78, 5) is 0. The molecule has 0 radical (unpaired) electrons. The summed E-state index contributed by atoms with van der Waals surface area (Å²) in [6.45, 7) is 9.00. The molecule has 0 fully saturated rings. The van der Waals surface area contributed by atoms with Crippen LogP contribution in [0.25, 0.3) is 11.1 Å². The molecular weight excluding hydrogens is 276 g/mol. The molecule has 0 saturated carbocycles. The smallest absolute Gasteiger partial charge is 0.0479 e. The van der Waals surface area contributed by atoms with Gasteiger partial charge in [-0.2, -0.15) is 0 Å². The van der Waals surface area contributed by atoms with E-state index in [-0.39, 0.29) is 0 Å². The Kier molecular flexibility index (Phi) is 5.47. The molecule has 0 aliphatic carbocycles. The number of rotatable bonds is 5.